The van der Waals surface area contributed by atoms with Crippen molar-refractivity contribution < 1.29 is 17.9 Å². The summed E-state index contributed by atoms with van der Waals surface area (Å²) >= 11 is 0. The highest BCUT2D eigenvalue weighted by Crippen LogP contribution is 2.31. The van der Waals surface area contributed by atoms with Gasteiger partial charge in [-0.25, -0.2) is 8.42 Å². The lowest BCUT2D eigenvalue weighted by atomic mass is 10.0. The minimum Gasteiger partial charge on any atom is -0.493 e. The molecule has 0 heterocycles. The Labute approximate surface area is 121 Å². The van der Waals surface area contributed by atoms with Crippen LogP contribution in [0, 0.1) is 0 Å². The van der Waals surface area contributed by atoms with Gasteiger partial charge in [0.15, 0.2) is 11.5 Å². The standard InChI is InChI=1S/C14H23NO4S/c1-15-12(6-5-9-20(4,16)17)11-7-8-13(18-2)14(10-11)19-3/h7-8,10,12,15H,5-6,9H2,1-4H3. The Morgan fingerprint density at radius 3 is 2.35 bits per heavy atom. The van der Waals surface area contributed by atoms with E-state index in [4.69, 9.17) is 9.47 Å². The number of nitrogens with one attached hydrogen (secondary N) is 1. The van der Waals surface area contributed by atoms with Crippen molar-refractivity contribution in [3.05, 3.63) is 23.8 Å². The fourth-order valence-electron chi connectivity index (χ4n) is 2.10. The minimum absolute atomic E-state index is 0.0940. The van der Waals surface area contributed by atoms with Gasteiger partial charge < -0.3 is 14.8 Å². The summed E-state index contributed by atoms with van der Waals surface area (Å²) in [4.78, 5) is 0. The van der Waals surface area contributed by atoms with Crippen molar-refractivity contribution in [1.82, 2.24) is 5.32 Å². The lowest BCUT2D eigenvalue weighted by molar-refractivity contribution is 0.353. The maximum absolute atomic E-state index is 11.2. The van der Waals surface area contributed by atoms with Crippen LogP contribution in [0.15, 0.2) is 18.2 Å². The molecular formula is C14H23NO4S. The zero-order valence-corrected chi connectivity index (χ0v) is 13.3. The van der Waals surface area contributed by atoms with Gasteiger partial charge in [0.05, 0.1) is 14.2 Å². The Balaban J connectivity index is 2.79. The summed E-state index contributed by atoms with van der Waals surface area (Å²) in [5.74, 6) is 1.56. The van der Waals surface area contributed by atoms with E-state index in [1.54, 1.807) is 14.2 Å². The highest BCUT2D eigenvalue weighted by Gasteiger charge is 2.13. The molecule has 1 rings (SSSR count). The zero-order chi connectivity index (χ0) is 15.2. The van der Waals surface area contributed by atoms with Crippen LogP contribution in [0.4, 0.5) is 0 Å². The van der Waals surface area contributed by atoms with Gasteiger partial charge in [0.2, 0.25) is 0 Å². The number of ether oxygens (including phenoxy) is 2. The predicted octanol–water partition coefficient (Wildman–Crippen LogP) is 1.79. The van der Waals surface area contributed by atoms with Crippen LogP contribution in [0.25, 0.3) is 0 Å². The molecule has 0 saturated heterocycles. The first-order valence-electron chi connectivity index (χ1n) is 6.48. The molecule has 0 saturated carbocycles. The molecule has 0 spiro atoms. The van der Waals surface area contributed by atoms with Gasteiger partial charge in [-0.05, 0) is 37.6 Å². The van der Waals surface area contributed by atoms with E-state index in [1.807, 2.05) is 25.2 Å². The first kappa shape index (κ1) is 16.8. The molecule has 0 aliphatic carbocycles. The SMILES string of the molecule is CNC(CCCS(C)(=O)=O)c1ccc(OC)c(OC)c1. The lowest BCUT2D eigenvalue weighted by Gasteiger charge is -2.18. The molecule has 1 aromatic carbocycles. The predicted molar refractivity (Wildman–Crippen MR) is 80.3 cm³/mol. The van der Waals surface area contributed by atoms with Gasteiger partial charge in [0, 0.05) is 18.1 Å². The van der Waals surface area contributed by atoms with Crippen molar-refractivity contribution in [1.29, 1.82) is 0 Å². The summed E-state index contributed by atoms with van der Waals surface area (Å²) in [6.45, 7) is 0. The molecule has 0 aromatic heterocycles. The van der Waals surface area contributed by atoms with Crippen molar-refractivity contribution in [2.45, 2.75) is 18.9 Å². The maximum atomic E-state index is 11.2. The van der Waals surface area contributed by atoms with Crippen molar-refractivity contribution in [3.63, 3.8) is 0 Å². The molecule has 1 N–H and O–H groups in total. The van der Waals surface area contributed by atoms with Crippen LogP contribution < -0.4 is 14.8 Å². The second kappa shape index (κ2) is 7.50. The minimum atomic E-state index is -2.91. The summed E-state index contributed by atoms with van der Waals surface area (Å²) in [6, 6.07) is 5.83. The monoisotopic (exact) mass is 301 g/mol. The summed E-state index contributed by atoms with van der Waals surface area (Å²) in [6.07, 6.45) is 2.63. The van der Waals surface area contributed by atoms with E-state index < -0.39 is 9.84 Å². The third kappa shape index (κ3) is 5.02. The number of methoxy groups -OCH3 is 2. The molecule has 0 fully saturated rings. The summed E-state index contributed by atoms with van der Waals surface area (Å²) in [5.41, 5.74) is 1.05. The molecule has 0 aliphatic rings. The third-order valence-electron chi connectivity index (χ3n) is 3.17. The smallest absolute Gasteiger partial charge is 0.161 e. The van der Waals surface area contributed by atoms with Crippen LogP contribution in [-0.4, -0.2) is 41.7 Å². The molecule has 114 valence electrons. The van der Waals surface area contributed by atoms with Crippen LogP contribution >= 0.6 is 0 Å². The molecule has 6 heteroatoms. The van der Waals surface area contributed by atoms with E-state index in [9.17, 15) is 8.42 Å². The van der Waals surface area contributed by atoms with Crippen LogP contribution in [0.1, 0.15) is 24.4 Å². The summed E-state index contributed by atoms with van der Waals surface area (Å²) in [7, 11) is 2.15. The molecular weight excluding hydrogens is 278 g/mol. The Morgan fingerprint density at radius 2 is 1.85 bits per heavy atom. The van der Waals surface area contributed by atoms with Crippen molar-refractivity contribution >= 4 is 9.84 Å². The number of sulfone groups is 1. The van der Waals surface area contributed by atoms with Crippen LogP contribution in [0.3, 0.4) is 0 Å². The van der Waals surface area contributed by atoms with Crippen LogP contribution in [-0.2, 0) is 9.84 Å². The molecule has 5 nitrogen and oxygen atoms in total. The van der Waals surface area contributed by atoms with E-state index in [2.05, 4.69) is 5.32 Å². The van der Waals surface area contributed by atoms with E-state index in [0.717, 1.165) is 12.0 Å². The van der Waals surface area contributed by atoms with E-state index in [0.29, 0.717) is 17.9 Å². The van der Waals surface area contributed by atoms with E-state index in [-0.39, 0.29) is 11.8 Å². The van der Waals surface area contributed by atoms with Gasteiger partial charge in [-0.3, -0.25) is 0 Å². The molecule has 0 radical (unpaired) electrons. The Morgan fingerprint density at radius 1 is 1.20 bits per heavy atom. The van der Waals surface area contributed by atoms with Gasteiger partial charge in [-0.15, -0.1) is 0 Å². The van der Waals surface area contributed by atoms with Gasteiger partial charge in [-0.2, -0.15) is 0 Å². The number of rotatable bonds is 8. The number of hydrogen-bond acceptors (Lipinski definition) is 5. The summed E-state index contributed by atoms with van der Waals surface area (Å²) in [5, 5.41) is 3.20. The molecule has 0 bridgehead atoms. The van der Waals surface area contributed by atoms with Gasteiger partial charge in [-0.1, -0.05) is 6.07 Å². The van der Waals surface area contributed by atoms with Crippen molar-refractivity contribution in [3.8, 4) is 11.5 Å². The van der Waals surface area contributed by atoms with Gasteiger partial charge in [0.1, 0.15) is 9.84 Å². The first-order chi connectivity index (χ1) is 9.41. The first-order valence-corrected chi connectivity index (χ1v) is 8.54. The van der Waals surface area contributed by atoms with Crippen LogP contribution in [0.5, 0.6) is 11.5 Å². The molecule has 1 aromatic rings. The molecule has 1 atom stereocenters. The van der Waals surface area contributed by atoms with Gasteiger partial charge >= 0.3 is 0 Å². The quantitative estimate of drug-likeness (QED) is 0.793. The number of hydrogen-bond donors (Lipinski definition) is 1. The topological polar surface area (TPSA) is 64.6 Å². The average Bonchev–Trinajstić information content (AvgIpc) is 2.41. The molecule has 0 aliphatic heterocycles. The average molecular weight is 301 g/mol. The highest BCUT2D eigenvalue weighted by atomic mass is 32.2. The Bertz CT molecular complexity index is 528. The Kier molecular flexibility index (Phi) is 6.29. The second-order valence-electron chi connectivity index (χ2n) is 4.73. The summed E-state index contributed by atoms with van der Waals surface area (Å²) < 4.78 is 32.8. The third-order valence-corrected chi connectivity index (χ3v) is 4.20. The lowest BCUT2D eigenvalue weighted by Crippen LogP contribution is -2.17. The Hall–Kier alpha value is -1.27. The fraction of sp³-hybridized carbons (Fsp3) is 0.571. The van der Waals surface area contributed by atoms with E-state index in [1.165, 1.54) is 6.26 Å². The van der Waals surface area contributed by atoms with Crippen molar-refractivity contribution in [2.24, 2.45) is 0 Å². The van der Waals surface area contributed by atoms with Crippen LogP contribution in [0.2, 0.25) is 0 Å². The normalized spacial score (nSPS) is 13.0. The van der Waals surface area contributed by atoms with E-state index >= 15 is 0 Å². The van der Waals surface area contributed by atoms with Crippen molar-refractivity contribution in [2.75, 3.05) is 33.3 Å². The fourth-order valence-corrected chi connectivity index (χ4v) is 2.79. The largest absolute Gasteiger partial charge is 0.493 e. The molecule has 20 heavy (non-hydrogen) atoms. The second-order valence-corrected chi connectivity index (χ2v) is 6.99. The molecule has 1 unspecified atom stereocenters. The van der Waals surface area contributed by atoms with Gasteiger partial charge in [0.25, 0.3) is 0 Å². The molecule has 0 amide bonds. The highest BCUT2D eigenvalue weighted by molar-refractivity contribution is 7.90. The number of benzene rings is 1. The zero-order valence-electron chi connectivity index (χ0n) is 12.5. The maximum Gasteiger partial charge on any atom is 0.161 e.